The van der Waals surface area contributed by atoms with Crippen molar-refractivity contribution in [2.24, 2.45) is 0 Å². The molecular weight excluding hydrogens is 264 g/mol. The molecule has 0 radical (unpaired) electrons. The van der Waals surface area contributed by atoms with Gasteiger partial charge < -0.3 is 9.84 Å². The highest BCUT2D eigenvalue weighted by atomic mass is 16.5. The van der Waals surface area contributed by atoms with Crippen molar-refractivity contribution in [3.8, 4) is 5.75 Å². The molecule has 0 unspecified atom stereocenters. The summed E-state index contributed by atoms with van der Waals surface area (Å²) in [6, 6.07) is 8.20. The number of hydrogen-bond acceptors (Lipinski definition) is 3. The standard InChI is InChI=1S/C17H24N2O2/c1-13(2)17-15(12-18-19-17)11-14-5-7-16(8-6-14)21-10-4-3-9-20/h5-8,12-13,20H,3-4,9-11H2,1-2H3,(H,18,19). The highest BCUT2D eigenvalue weighted by Gasteiger charge is 2.09. The number of rotatable bonds is 8. The van der Waals surface area contributed by atoms with Gasteiger partial charge in [0.2, 0.25) is 0 Å². The molecule has 0 amide bonds. The van der Waals surface area contributed by atoms with E-state index in [2.05, 4.69) is 36.2 Å². The summed E-state index contributed by atoms with van der Waals surface area (Å²) in [6.45, 7) is 5.21. The van der Waals surface area contributed by atoms with Crippen LogP contribution >= 0.6 is 0 Å². The first-order valence-electron chi connectivity index (χ1n) is 7.55. The molecule has 0 aliphatic heterocycles. The lowest BCUT2D eigenvalue weighted by Gasteiger charge is -2.08. The lowest BCUT2D eigenvalue weighted by atomic mass is 10.0. The van der Waals surface area contributed by atoms with E-state index < -0.39 is 0 Å². The van der Waals surface area contributed by atoms with Gasteiger partial charge in [0, 0.05) is 18.7 Å². The number of unbranched alkanes of at least 4 members (excludes halogenated alkanes) is 1. The first-order chi connectivity index (χ1) is 10.2. The lowest BCUT2D eigenvalue weighted by Crippen LogP contribution is -1.99. The van der Waals surface area contributed by atoms with Crippen molar-refractivity contribution in [3.63, 3.8) is 0 Å². The van der Waals surface area contributed by atoms with Gasteiger partial charge in [0.1, 0.15) is 5.75 Å². The van der Waals surface area contributed by atoms with Gasteiger partial charge in [-0.2, -0.15) is 5.10 Å². The molecule has 4 nitrogen and oxygen atoms in total. The Labute approximate surface area is 126 Å². The minimum atomic E-state index is 0.227. The monoisotopic (exact) mass is 288 g/mol. The molecule has 2 aromatic rings. The van der Waals surface area contributed by atoms with Crippen molar-refractivity contribution in [2.75, 3.05) is 13.2 Å². The molecule has 0 bridgehead atoms. The van der Waals surface area contributed by atoms with E-state index in [1.807, 2.05) is 18.3 Å². The van der Waals surface area contributed by atoms with Crippen LogP contribution in [-0.2, 0) is 6.42 Å². The Morgan fingerprint density at radius 3 is 2.62 bits per heavy atom. The predicted molar refractivity (Wildman–Crippen MR) is 83.7 cm³/mol. The van der Waals surface area contributed by atoms with Gasteiger partial charge >= 0.3 is 0 Å². The summed E-state index contributed by atoms with van der Waals surface area (Å²) in [5.41, 5.74) is 3.71. The summed E-state index contributed by atoms with van der Waals surface area (Å²) >= 11 is 0. The maximum atomic E-state index is 8.72. The van der Waals surface area contributed by atoms with Crippen LogP contribution in [0.25, 0.3) is 0 Å². The number of aliphatic hydroxyl groups excluding tert-OH is 1. The molecule has 2 rings (SSSR count). The number of aromatic nitrogens is 2. The summed E-state index contributed by atoms with van der Waals surface area (Å²) in [7, 11) is 0. The number of hydrogen-bond donors (Lipinski definition) is 2. The lowest BCUT2D eigenvalue weighted by molar-refractivity contribution is 0.253. The van der Waals surface area contributed by atoms with Crippen LogP contribution in [0.3, 0.4) is 0 Å². The zero-order chi connectivity index (χ0) is 15.1. The molecule has 21 heavy (non-hydrogen) atoms. The zero-order valence-corrected chi connectivity index (χ0v) is 12.8. The molecule has 0 aliphatic carbocycles. The van der Waals surface area contributed by atoms with E-state index >= 15 is 0 Å². The Morgan fingerprint density at radius 2 is 1.95 bits per heavy atom. The smallest absolute Gasteiger partial charge is 0.119 e. The average Bonchev–Trinajstić information content (AvgIpc) is 2.94. The molecule has 0 fully saturated rings. The molecular formula is C17H24N2O2. The minimum Gasteiger partial charge on any atom is -0.494 e. The van der Waals surface area contributed by atoms with Crippen molar-refractivity contribution < 1.29 is 9.84 Å². The summed E-state index contributed by atoms with van der Waals surface area (Å²) in [4.78, 5) is 0. The number of benzene rings is 1. The van der Waals surface area contributed by atoms with Crippen LogP contribution in [0.4, 0.5) is 0 Å². The number of H-pyrrole nitrogens is 1. The highest BCUT2D eigenvalue weighted by Crippen LogP contribution is 2.21. The van der Waals surface area contributed by atoms with Gasteiger partial charge in [0.25, 0.3) is 0 Å². The van der Waals surface area contributed by atoms with E-state index in [1.54, 1.807) is 0 Å². The van der Waals surface area contributed by atoms with E-state index in [4.69, 9.17) is 9.84 Å². The van der Waals surface area contributed by atoms with E-state index in [9.17, 15) is 0 Å². The van der Waals surface area contributed by atoms with Gasteiger partial charge in [0.15, 0.2) is 0 Å². The minimum absolute atomic E-state index is 0.227. The highest BCUT2D eigenvalue weighted by molar-refractivity contribution is 5.32. The molecule has 0 spiro atoms. The van der Waals surface area contributed by atoms with Gasteiger partial charge in [-0.15, -0.1) is 0 Å². The van der Waals surface area contributed by atoms with Crippen LogP contribution in [0.2, 0.25) is 0 Å². The van der Waals surface area contributed by atoms with Gasteiger partial charge in [0.05, 0.1) is 12.8 Å². The maximum Gasteiger partial charge on any atom is 0.119 e. The third-order valence-corrected chi connectivity index (χ3v) is 3.47. The van der Waals surface area contributed by atoms with Gasteiger partial charge in [-0.05, 0) is 42.0 Å². The normalized spacial score (nSPS) is 11.0. The van der Waals surface area contributed by atoms with Crippen molar-refractivity contribution in [1.82, 2.24) is 10.2 Å². The Bertz CT molecular complexity index is 532. The number of aromatic amines is 1. The van der Waals surface area contributed by atoms with E-state index in [0.717, 1.165) is 25.0 Å². The molecule has 2 N–H and O–H groups in total. The topological polar surface area (TPSA) is 58.1 Å². The first-order valence-corrected chi connectivity index (χ1v) is 7.55. The fraction of sp³-hybridized carbons (Fsp3) is 0.471. The third kappa shape index (κ3) is 4.60. The van der Waals surface area contributed by atoms with Crippen LogP contribution < -0.4 is 4.74 Å². The summed E-state index contributed by atoms with van der Waals surface area (Å²) in [5, 5.41) is 15.9. The Kier molecular flexibility index (Phi) is 5.81. The Balaban J connectivity index is 1.91. The number of aliphatic hydroxyl groups is 1. The van der Waals surface area contributed by atoms with Crippen molar-refractivity contribution in [3.05, 3.63) is 47.3 Å². The molecule has 1 aromatic carbocycles. The van der Waals surface area contributed by atoms with Crippen molar-refractivity contribution >= 4 is 0 Å². The largest absolute Gasteiger partial charge is 0.494 e. The molecule has 1 aromatic heterocycles. The van der Waals surface area contributed by atoms with Gasteiger partial charge in [-0.1, -0.05) is 26.0 Å². The average molecular weight is 288 g/mol. The quantitative estimate of drug-likeness (QED) is 0.733. The second kappa shape index (κ2) is 7.84. The van der Waals surface area contributed by atoms with Crippen LogP contribution in [0, 0.1) is 0 Å². The number of nitrogens with one attached hydrogen (secondary N) is 1. The van der Waals surface area contributed by atoms with Gasteiger partial charge in [-0.3, -0.25) is 5.10 Å². The van der Waals surface area contributed by atoms with Crippen LogP contribution in [0.15, 0.2) is 30.5 Å². The van der Waals surface area contributed by atoms with Gasteiger partial charge in [-0.25, -0.2) is 0 Å². The van der Waals surface area contributed by atoms with E-state index in [0.29, 0.717) is 12.5 Å². The van der Waals surface area contributed by atoms with Crippen LogP contribution in [-0.4, -0.2) is 28.5 Å². The van der Waals surface area contributed by atoms with Crippen LogP contribution in [0.5, 0.6) is 5.75 Å². The first kappa shape index (κ1) is 15.6. The van der Waals surface area contributed by atoms with Crippen molar-refractivity contribution in [1.29, 1.82) is 0 Å². The molecule has 1 heterocycles. The molecule has 4 heteroatoms. The maximum absolute atomic E-state index is 8.72. The van der Waals surface area contributed by atoms with E-state index in [1.165, 1.54) is 16.8 Å². The Hall–Kier alpha value is -1.81. The molecule has 114 valence electrons. The molecule has 0 saturated heterocycles. The molecule has 0 atom stereocenters. The number of ether oxygens (including phenoxy) is 1. The third-order valence-electron chi connectivity index (χ3n) is 3.47. The number of nitrogens with zero attached hydrogens (tertiary/aromatic N) is 1. The SMILES string of the molecule is CC(C)c1[nH]ncc1Cc1ccc(OCCCCO)cc1. The second-order valence-electron chi connectivity index (χ2n) is 5.56. The molecule has 0 saturated carbocycles. The zero-order valence-electron chi connectivity index (χ0n) is 12.8. The Morgan fingerprint density at radius 1 is 1.19 bits per heavy atom. The van der Waals surface area contributed by atoms with Crippen LogP contribution in [0.1, 0.15) is 49.4 Å². The summed E-state index contributed by atoms with van der Waals surface area (Å²) in [5.74, 6) is 1.34. The summed E-state index contributed by atoms with van der Waals surface area (Å²) in [6.07, 6.45) is 4.46. The fourth-order valence-corrected chi connectivity index (χ4v) is 2.29. The summed E-state index contributed by atoms with van der Waals surface area (Å²) < 4.78 is 5.63. The van der Waals surface area contributed by atoms with Crippen molar-refractivity contribution in [2.45, 2.75) is 39.0 Å². The molecule has 0 aliphatic rings. The van der Waals surface area contributed by atoms with E-state index in [-0.39, 0.29) is 6.61 Å². The second-order valence-corrected chi connectivity index (χ2v) is 5.56. The fourth-order valence-electron chi connectivity index (χ4n) is 2.29. The predicted octanol–water partition coefficient (Wildman–Crippen LogP) is 3.28.